The van der Waals surface area contributed by atoms with E-state index in [1.54, 1.807) is 6.08 Å². The van der Waals surface area contributed by atoms with Gasteiger partial charge < -0.3 is 9.47 Å². The van der Waals surface area contributed by atoms with Crippen molar-refractivity contribution in [3.05, 3.63) is 83.9 Å². The second kappa shape index (κ2) is 6.57. The molecule has 1 aliphatic rings. The lowest BCUT2D eigenvalue weighted by atomic mass is 9.75. The van der Waals surface area contributed by atoms with E-state index in [4.69, 9.17) is 14.7 Å². The first kappa shape index (κ1) is 14.5. The van der Waals surface area contributed by atoms with E-state index in [1.165, 1.54) is 17.2 Å². The van der Waals surface area contributed by atoms with Crippen molar-refractivity contribution in [3.8, 4) is 6.07 Å². The van der Waals surface area contributed by atoms with Crippen LogP contribution in [0.25, 0.3) is 0 Å². The molecule has 0 spiro atoms. The summed E-state index contributed by atoms with van der Waals surface area (Å²) < 4.78 is 11.7. The van der Waals surface area contributed by atoms with Crippen molar-refractivity contribution in [2.75, 3.05) is 13.2 Å². The molecular formula is C19H17NO2. The molecule has 1 fully saturated rings. The summed E-state index contributed by atoms with van der Waals surface area (Å²) in [6, 6.07) is 22.5. The molecule has 0 unspecified atom stereocenters. The van der Waals surface area contributed by atoms with Crippen LogP contribution >= 0.6 is 0 Å². The van der Waals surface area contributed by atoms with Crippen LogP contribution in [0.3, 0.4) is 0 Å². The Kier molecular flexibility index (Phi) is 4.34. The zero-order valence-corrected chi connectivity index (χ0v) is 12.2. The highest BCUT2D eigenvalue weighted by atomic mass is 16.7. The van der Waals surface area contributed by atoms with Crippen LogP contribution in [0.1, 0.15) is 11.1 Å². The molecule has 3 rings (SSSR count). The molecule has 3 heteroatoms. The van der Waals surface area contributed by atoms with Crippen LogP contribution in [0.5, 0.6) is 0 Å². The molecule has 22 heavy (non-hydrogen) atoms. The smallest absolute Gasteiger partial charge is 0.177 e. The molecule has 0 bridgehead atoms. The average Bonchev–Trinajstić information content (AvgIpc) is 2.62. The SMILES string of the molecule is N#CC=CC1OCC(c2ccccc2)(c2ccccc2)CO1. The predicted octanol–water partition coefficient (Wildman–Crippen LogP) is 3.43. The Morgan fingerprint density at radius 2 is 1.41 bits per heavy atom. The molecule has 2 aromatic rings. The lowest BCUT2D eigenvalue weighted by Gasteiger charge is -2.40. The minimum Gasteiger partial charge on any atom is -0.348 e. The third-order valence-corrected chi connectivity index (χ3v) is 3.97. The van der Waals surface area contributed by atoms with Gasteiger partial charge in [0.25, 0.3) is 0 Å². The average molecular weight is 291 g/mol. The van der Waals surface area contributed by atoms with Gasteiger partial charge in [-0.2, -0.15) is 5.26 Å². The van der Waals surface area contributed by atoms with Crippen LogP contribution in [-0.4, -0.2) is 19.5 Å². The van der Waals surface area contributed by atoms with Crippen molar-refractivity contribution in [1.29, 1.82) is 5.26 Å². The Morgan fingerprint density at radius 1 is 0.909 bits per heavy atom. The summed E-state index contributed by atoms with van der Waals surface area (Å²) in [5, 5.41) is 8.61. The zero-order valence-electron chi connectivity index (χ0n) is 12.2. The maximum atomic E-state index is 8.61. The Bertz CT molecular complexity index is 624. The van der Waals surface area contributed by atoms with Gasteiger partial charge in [0.05, 0.1) is 24.7 Å². The van der Waals surface area contributed by atoms with Crippen molar-refractivity contribution in [2.45, 2.75) is 11.7 Å². The molecular weight excluding hydrogens is 274 g/mol. The summed E-state index contributed by atoms with van der Waals surface area (Å²) in [7, 11) is 0. The fourth-order valence-corrected chi connectivity index (χ4v) is 2.79. The zero-order chi connectivity index (χ0) is 15.3. The maximum absolute atomic E-state index is 8.61. The maximum Gasteiger partial charge on any atom is 0.177 e. The number of nitriles is 1. The van der Waals surface area contributed by atoms with E-state index in [0.717, 1.165) is 0 Å². The summed E-state index contributed by atoms with van der Waals surface area (Å²) in [6.45, 7) is 1.03. The first-order valence-electron chi connectivity index (χ1n) is 7.26. The van der Waals surface area contributed by atoms with Crippen molar-refractivity contribution >= 4 is 0 Å². The van der Waals surface area contributed by atoms with E-state index in [0.29, 0.717) is 13.2 Å². The van der Waals surface area contributed by atoms with Crippen molar-refractivity contribution in [2.24, 2.45) is 0 Å². The van der Waals surface area contributed by atoms with E-state index in [-0.39, 0.29) is 5.41 Å². The van der Waals surface area contributed by atoms with Crippen molar-refractivity contribution in [3.63, 3.8) is 0 Å². The van der Waals surface area contributed by atoms with Gasteiger partial charge in [0.15, 0.2) is 6.29 Å². The normalized spacial score (nSPS) is 18.1. The van der Waals surface area contributed by atoms with Gasteiger partial charge in [-0.3, -0.25) is 0 Å². The van der Waals surface area contributed by atoms with Gasteiger partial charge in [-0.05, 0) is 17.2 Å². The molecule has 3 nitrogen and oxygen atoms in total. The highest BCUT2D eigenvalue weighted by molar-refractivity contribution is 5.40. The molecule has 1 aliphatic heterocycles. The lowest BCUT2D eigenvalue weighted by Crippen LogP contribution is -2.45. The van der Waals surface area contributed by atoms with Gasteiger partial charge in [-0.25, -0.2) is 0 Å². The molecule has 0 aliphatic carbocycles. The number of rotatable bonds is 3. The second-order valence-corrected chi connectivity index (χ2v) is 5.29. The van der Waals surface area contributed by atoms with Gasteiger partial charge in [0.1, 0.15) is 0 Å². The highest BCUT2D eigenvalue weighted by Crippen LogP contribution is 2.36. The van der Waals surface area contributed by atoms with Gasteiger partial charge in [-0.15, -0.1) is 0 Å². The van der Waals surface area contributed by atoms with Crippen LogP contribution in [0, 0.1) is 11.3 Å². The Hall–Kier alpha value is -2.41. The van der Waals surface area contributed by atoms with E-state index in [9.17, 15) is 0 Å². The van der Waals surface area contributed by atoms with Crippen LogP contribution < -0.4 is 0 Å². The Balaban J connectivity index is 1.94. The Morgan fingerprint density at radius 3 is 1.86 bits per heavy atom. The van der Waals surface area contributed by atoms with Gasteiger partial charge >= 0.3 is 0 Å². The summed E-state index contributed by atoms with van der Waals surface area (Å²) in [6.07, 6.45) is 2.57. The molecule has 2 aromatic carbocycles. The highest BCUT2D eigenvalue weighted by Gasteiger charge is 2.39. The quantitative estimate of drug-likeness (QED) is 0.814. The first-order chi connectivity index (χ1) is 10.8. The molecule has 110 valence electrons. The second-order valence-electron chi connectivity index (χ2n) is 5.29. The summed E-state index contributed by atoms with van der Waals surface area (Å²) in [4.78, 5) is 0. The van der Waals surface area contributed by atoms with Crippen LogP contribution in [0.4, 0.5) is 0 Å². The molecule has 0 saturated carbocycles. The molecule has 0 N–H and O–H groups in total. The Labute approximate surface area is 130 Å². The number of ether oxygens (including phenoxy) is 2. The fraction of sp³-hybridized carbons (Fsp3) is 0.211. The number of benzene rings is 2. The minimum absolute atomic E-state index is 0.320. The van der Waals surface area contributed by atoms with E-state index in [1.807, 2.05) is 42.5 Å². The molecule has 0 amide bonds. The third kappa shape index (κ3) is 2.80. The molecule has 0 atom stereocenters. The summed E-state index contributed by atoms with van der Waals surface area (Å²) in [5.74, 6) is 0. The standard InChI is InChI=1S/C19H17NO2/c20-13-7-12-18-21-14-19(15-22-18,16-8-3-1-4-9-16)17-10-5-2-6-11-17/h1-12,18H,14-15H2. The van der Waals surface area contributed by atoms with Crippen LogP contribution in [-0.2, 0) is 14.9 Å². The lowest BCUT2D eigenvalue weighted by molar-refractivity contribution is -0.176. The number of allylic oxidation sites excluding steroid dienone is 1. The van der Waals surface area contributed by atoms with Crippen molar-refractivity contribution < 1.29 is 9.47 Å². The van der Waals surface area contributed by atoms with Crippen LogP contribution in [0.15, 0.2) is 72.8 Å². The molecule has 0 aromatic heterocycles. The van der Waals surface area contributed by atoms with E-state index < -0.39 is 6.29 Å². The first-order valence-corrected chi connectivity index (χ1v) is 7.26. The topological polar surface area (TPSA) is 42.2 Å². The van der Waals surface area contributed by atoms with Gasteiger partial charge in [-0.1, -0.05) is 60.7 Å². The molecule has 0 radical (unpaired) electrons. The number of nitrogens with zero attached hydrogens (tertiary/aromatic N) is 1. The number of hydrogen-bond acceptors (Lipinski definition) is 3. The monoisotopic (exact) mass is 291 g/mol. The van der Waals surface area contributed by atoms with Crippen LogP contribution in [0.2, 0.25) is 0 Å². The van der Waals surface area contributed by atoms with Gasteiger partial charge in [0, 0.05) is 6.08 Å². The summed E-state index contributed by atoms with van der Waals surface area (Å²) >= 11 is 0. The summed E-state index contributed by atoms with van der Waals surface area (Å²) in [5.41, 5.74) is 2.02. The largest absolute Gasteiger partial charge is 0.348 e. The van der Waals surface area contributed by atoms with E-state index >= 15 is 0 Å². The van der Waals surface area contributed by atoms with Crippen molar-refractivity contribution in [1.82, 2.24) is 0 Å². The van der Waals surface area contributed by atoms with E-state index in [2.05, 4.69) is 24.3 Å². The predicted molar refractivity (Wildman–Crippen MR) is 84.1 cm³/mol. The number of hydrogen-bond donors (Lipinski definition) is 0. The molecule has 1 saturated heterocycles. The minimum atomic E-state index is -0.458. The van der Waals surface area contributed by atoms with Gasteiger partial charge in [0.2, 0.25) is 0 Å². The fourth-order valence-electron chi connectivity index (χ4n) is 2.79. The third-order valence-electron chi connectivity index (χ3n) is 3.97. The molecule has 1 heterocycles.